The highest BCUT2D eigenvalue weighted by atomic mass is 16.6. The second-order valence-electron chi connectivity index (χ2n) is 5.15. The average Bonchev–Trinajstić information content (AvgIpc) is 2.25. The number of carbonyl (C=O) groups excluding carboxylic acids is 1. The van der Waals surface area contributed by atoms with Gasteiger partial charge in [-0.05, 0) is 39.8 Å². The molecule has 1 heterocycles. The summed E-state index contributed by atoms with van der Waals surface area (Å²) in [6, 6.07) is 1.72. The van der Waals surface area contributed by atoms with Crippen LogP contribution in [-0.4, -0.2) is 27.2 Å². The zero-order valence-electron chi connectivity index (χ0n) is 11.3. The number of rotatable bonds is 3. The van der Waals surface area contributed by atoms with Gasteiger partial charge < -0.3 is 14.4 Å². The highest BCUT2D eigenvalue weighted by Gasteiger charge is 2.24. The minimum atomic E-state index is -1.32. The molecule has 1 atom stereocenters. The summed E-state index contributed by atoms with van der Waals surface area (Å²) in [5.41, 5.74) is -1.77. The molecule has 6 nitrogen and oxygen atoms in total. The van der Waals surface area contributed by atoms with E-state index in [1.807, 2.05) is 0 Å². The van der Waals surface area contributed by atoms with Crippen molar-refractivity contribution < 1.29 is 19.4 Å². The molecule has 0 aromatic carbocycles. The molecule has 0 amide bonds. The Morgan fingerprint density at radius 3 is 2.42 bits per heavy atom. The summed E-state index contributed by atoms with van der Waals surface area (Å²) in [6.45, 7) is 6.64. The summed E-state index contributed by atoms with van der Waals surface area (Å²) < 4.78 is 6.22. The highest BCUT2D eigenvalue weighted by molar-refractivity contribution is 5.87. The van der Waals surface area contributed by atoms with Crippen molar-refractivity contribution in [2.45, 2.75) is 39.3 Å². The Morgan fingerprint density at radius 2 is 1.95 bits per heavy atom. The van der Waals surface area contributed by atoms with E-state index in [-0.39, 0.29) is 5.56 Å². The van der Waals surface area contributed by atoms with Crippen molar-refractivity contribution in [3.05, 3.63) is 34.2 Å². The third-order valence-electron chi connectivity index (χ3n) is 2.37. The van der Waals surface area contributed by atoms with Crippen molar-refractivity contribution in [2.75, 3.05) is 0 Å². The number of pyridine rings is 1. The Hall–Kier alpha value is -2.11. The monoisotopic (exact) mass is 267 g/mol. The summed E-state index contributed by atoms with van der Waals surface area (Å²) in [5.74, 6) is -1.91. The van der Waals surface area contributed by atoms with Crippen LogP contribution in [0.2, 0.25) is 0 Å². The molecule has 1 rings (SSSR count). The topological polar surface area (TPSA) is 85.6 Å². The van der Waals surface area contributed by atoms with Crippen LogP contribution in [0.4, 0.5) is 0 Å². The van der Waals surface area contributed by atoms with Gasteiger partial charge in [0.1, 0.15) is 17.2 Å². The molecule has 0 saturated heterocycles. The van der Waals surface area contributed by atoms with E-state index in [1.54, 1.807) is 20.8 Å². The molecule has 104 valence electrons. The van der Waals surface area contributed by atoms with Crippen molar-refractivity contribution in [2.24, 2.45) is 0 Å². The number of hydrogen-bond donors (Lipinski definition) is 1. The number of nitrogens with zero attached hydrogens (tertiary/aromatic N) is 1. The number of carboxylic acids is 1. The van der Waals surface area contributed by atoms with Crippen molar-refractivity contribution in [1.82, 2.24) is 4.57 Å². The molecule has 1 aromatic heterocycles. The largest absolute Gasteiger partial charge is 0.477 e. The van der Waals surface area contributed by atoms with Crippen molar-refractivity contribution in [3.63, 3.8) is 0 Å². The Bertz CT molecular complexity index is 553. The molecule has 0 bridgehead atoms. The van der Waals surface area contributed by atoms with Gasteiger partial charge in [-0.3, -0.25) is 4.79 Å². The third-order valence-corrected chi connectivity index (χ3v) is 2.37. The Kier molecular flexibility index (Phi) is 4.14. The zero-order chi connectivity index (χ0) is 14.8. The minimum absolute atomic E-state index is 0.377. The van der Waals surface area contributed by atoms with E-state index in [9.17, 15) is 14.4 Å². The third kappa shape index (κ3) is 3.67. The maximum absolute atomic E-state index is 11.9. The van der Waals surface area contributed by atoms with Gasteiger partial charge in [-0.2, -0.15) is 0 Å². The molecule has 6 heteroatoms. The maximum Gasteiger partial charge on any atom is 0.341 e. The molecule has 0 aliphatic rings. The van der Waals surface area contributed by atoms with E-state index in [0.29, 0.717) is 0 Å². The Morgan fingerprint density at radius 1 is 1.37 bits per heavy atom. The lowest BCUT2D eigenvalue weighted by Gasteiger charge is -2.23. The summed E-state index contributed by atoms with van der Waals surface area (Å²) in [4.78, 5) is 34.6. The number of ether oxygens (including phenoxy) is 1. The van der Waals surface area contributed by atoms with Crippen LogP contribution in [0.15, 0.2) is 23.1 Å². The molecule has 1 unspecified atom stereocenters. The summed E-state index contributed by atoms with van der Waals surface area (Å²) in [6.07, 6.45) is 1.36. The summed E-state index contributed by atoms with van der Waals surface area (Å²) in [5, 5.41) is 8.87. The SMILES string of the molecule is CC(C(=O)OC(C)(C)C)n1cccc(C(=O)O)c1=O. The van der Waals surface area contributed by atoms with Crippen LogP contribution < -0.4 is 5.56 Å². The molecule has 0 aliphatic carbocycles. The highest BCUT2D eigenvalue weighted by Crippen LogP contribution is 2.13. The number of esters is 1. The fourth-order valence-electron chi connectivity index (χ4n) is 1.48. The number of aromatic nitrogens is 1. The summed E-state index contributed by atoms with van der Waals surface area (Å²) >= 11 is 0. The van der Waals surface area contributed by atoms with Crippen molar-refractivity contribution in [1.29, 1.82) is 0 Å². The van der Waals surface area contributed by atoms with Crippen molar-refractivity contribution in [3.8, 4) is 0 Å². The molecular weight excluding hydrogens is 250 g/mol. The second-order valence-corrected chi connectivity index (χ2v) is 5.15. The molecule has 1 aromatic rings. The molecule has 19 heavy (non-hydrogen) atoms. The lowest BCUT2D eigenvalue weighted by Crippen LogP contribution is -2.35. The quantitative estimate of drug-likeness (QED) is 0.838. The first-order chi connectivity index (χ1) is 8.63. The predicted molar refractivity (Wildman–Crippen MR) is 68.2 cm³/mol. The van der Waals surface area contributed by atoms with E-state index >= 15 is 0 Å². The Labute approximate surface area is 110 Å². The Balaban J connectivity index is 3.11. The predicted octanol–water partition coefficient (Wildman–Crippen LogP) is 1.45. The number of carboxylic acid groups (broad SMARTS) is 1. The van der Waals surface area contributed by atoms with Crippen LogP contribution in [-0.2, 0) is 9.53 Å². The van der Waals surface area contributed by atoms with Crippen LogP contribution in [0.1, 0.15) is 44.1 Å². The number of carbonyl (C=O) groups is 2. The van der Waals surface area contributed by atoms with Gasteiger partial charge in [0, 0.05) is 6.20 Å². The zero-order valence-corrected chi connectivity index (χ0v) is 11.3. The first kappa shape index (κ1) is 14.9. The van der Waals surface area contributed by atoms with Crippen LogP contribution in [0.3, 0.4) is 0 Å². The normalized spacial score (nSPS) is 12.8. The van der Waals surface area contributed by atoms with E-state index < -0.39 is 29.1 Å². The van der Waals surface area contributed by atoms with Crippen molar-refractivity contribution >= 4 is 11.9 Å². The lowest BCUT2D eigenvalue weighted by atomic mass is 10.2. The summed E-state index contributed by atoms with van der Waals surface area (Å²) in [7, 11) is 0. The molecule has 0 aliphatic heterocycles. The minimum Gasteiger partial charge on any atom is -0.477 e. The first-order valence-electron chi connectivity index (χ1n) is 5.81. The van der Waals surface area contributed by atoms with E-state index in [2.05, 4.69) is 0 Å². The van der Waals surface area contributed by atoms with Crippen LogP contribution in [0.5, 0.6) is 0 Å². The number of aromatic carboxylic acids is 1. The molecular formula is C13H17NO5. The molecule has 0 radical (unpaired) electrons. The van der Waals surface area contributed by atoms with Crippen LogP contribution in [0, 0.1) is 0 Å². The molecule has 0 spiro atoms. The molecule has 0 fully saturated rings. The maximum atomic E-state index is 11.9. The molecule has 1 N–H and O–H groups in total. The fourth-order valence-corrected chi connectivity index (χ4v) is 1.48. The van der Waals surface area contributed by atoms with Gasteiger partial charge in [0.2, 0.25) is 0 Å². The second kappa shape index (κ2) is 5.26. The van der Waals surface area contributed by atoms with Gasteiger partial charge in [0.05, 0.1) is 0 Å². The average molecular weight is 267 g/mol. The van der Waals surface area contributed by atoms with E-state index in [4.69, 9.17) is 9.84 Å². The first-order valence-corrected chi connectivity index (χ1v) is 5.81. The van der Waals surface area contributed by atoms with Gasteiger partial charge in [0.25, 0.3) is 5.56 Å². The fraction of sp³-hybridized carbons (Fsp3) is 0.462. The smallest absolute Gasteiger partial charge is 0.341 e. The van der Waals surface area contributed by atoms with Gasteiger partial charge in [-0.25, -0.2) is 9.59 Å². The van der Waals surface area contributed by atoms with Gasteiger partial charge in [-0.1, -0.05) is 0 Å². The van der Waals surface area contributed by atoms with Crippen LogP contribution in [0.25, 0.3) is 0 Å². The molecule has 0 saturated carbocycles. The standard InChI is InChI=1S/C13H17NO5/c1-8(12(18)19-13(2,3)4)14-7-5-6-9(10(14)15)11(16)17/h5-8H,1-4H3,(H,16,17). The van der Waals surface area contributed by atoms with E-state index in [0.717, 1.165) is 4.57 Å². The number of hydrogen-bond acceptors (Lipinski definition) is 4. The van der Waals surface area contributed by atoms with Crippen LogP contribution >= 0.6 is 0 Å². The van der Waals surface area contributed by atoms with Gasteiger partial charge in [0.15, 0.2) is 0 Å². The van der Waals surface area contributed by atoms with Gasteiger partial charge in [-0.15, -0.1) is 0 Å². The van der Waals surface area contributed by atoms with Gasteiger partial charge >= 0.3 is 11.9 Å². The van der Waals surface area contributed by atoms with E-state index in [1.165, 1.54) is 25.3 Å². The lowest BCUT2D eigenvalue weighted by molar-refractivity contribution is -0.158.